The van der Waals surface area contributed by atoms with Crippen LogP contribution < -0.4 is 5.56 Å². The summed E-state index contributed by atoms with van der Waals surface area (Å²) >= 11 is 0. The maximum atomic E-state index is 13.0. The van der Waals surface area contributed by atoms with E-state index >= 15 is 0 Å². The van der Waals surface area contributed by atoms with Gasteiger partial charge in [0, 0.05) is 5.69 Å². The first-order valence-corrected chi connectivity index (χ1v) is 7.53. The molecule has 0 aliphatic carbocycles. The maximum Gasteiger partial charge on any atom is 0.297 e. The number of hydrogen-bond acceptors (Lipinski definition) is 4. The molecule has 0 amide bonds. The van der Waals surface area contributed by atoms with Crippen LogP contribution in [0.1, 0.15) is 16.8 Å². The van der Waals surface area contributed by atoms with Crippen molar-refractivity contribution in [3.05, 3.63) is 69.7 Å². The molecule has 1 aromatic carbocycles. The van der Waals surface area contributed by atoms with Gasteiger partial charge in [-0.3, -0.25) is 9.36 Å². The third-order valence-corrected chi connectivity index (χ3v) is 4.01. The number of aryl methyl sites for hydroxylation is 2. The summed E-state index contributed by atoms with van der Waals surface area (Å²) in [7, 11) is 0. The fourth-order valence-electron chi connectivity index (χ4n) is 2.90. The highest BCUT2D eigenvalue weighted by Crippen LogP contribution is 2.26. The van der Waals surface area contributed by atoms with E-state index in [1.165, 1.54) is 23.0 Å². The van der Waals surface area contributed by atoms with Crippen LogP contribution in [0.3, 0.4) is 0 Å². The van der Waals surface area contributed by atoms with Gasteiger partial charge >= 0.3 is 0 Å². The van der Waals surface area contributed by atoms with E-state index in [0.29, 0.717) is 17.8 Å². The largest absolute Gasteiger partial charge is 0.430 e. The summed E-state index contributed by atoms with van der Waals surface area (Å²) in [6.07, 6.45) is 1.49. The monoisotopic (exact) mass is 323 g/mol. The Morgan fingerprint density at radius 3 is 2.71 bits per heavy atom. The average molecular weight is 323 g/mol. The van der Waals surface area contributed by atoms with Crippen molar-refractivity contribution in [1.29, 1.82) is 0 Å². The van der Waals surface area contributed by atoms with Crippen LogP contribution in [-0.4, -0.2) is 14.5 Å². The predicted molar refractivity (Wildman–Crippen MR) is 88.5 cm³/mol. The van der Waals surface area contributed by atoms with Gasteiger partial charge in [0.1, 0.15) is 11.3 Å². The molecule has 0 saturated heterocycles. The lowest BCUT2D eigenvalue weighted by Gasteiger charge is -2.04. The number of furan rings is 1. The van der Waals surface area contributed by atoms with Gasteiger partial charge < -0.3 is 4.42 Å². The third kappa shape index (κ3) is 2.27. The van der Waals surface area contributed by atoms with Gasteiger partial charge in [0.05, 0.1) is 18.3 Å². The number of halogens is 1. The lowest BCUT2D eigenvalue weighted by molar-refractivity contribution is 0.622. The molecule has 0 bridgehead atoms. The van der Waals surface area contributed by atoms with Crippen molar-refractivity contribution in [3.63, 3.8) is 0 Å². The number of nitrogens with zero attached hydrogens (tertiary/aromatic N) is 3. The number of pyridine rings is 1. The second-order valence-corrected chi connectivity index (χ2v) is 5.84. The van der Waals surface area contributed by atoms with Crippen molar-refractivity contribution in [2.75, 3.05) is 0 Å². The van der Waals surface area contributed by atoms with Crippen molar-refractivity contribution in [2.24, 2.45) is 0 Å². The lowest BCUT2D eigenvalue weighted by atomic mass is 10.1. The maximum absolute atomic E-state index is 13.0. The molecule has 6 heteroatoms. The molecular weight excluding hydrogens is 309 g/mol. The van der Waals surface area contributed by atoms with Crippen molar-refractivity contribution in [2.45, 2.75) is 20.4 Å². The first kappa shape index (κ1) is 14.6. The Bertz CT molecular complexity index is 1130. The molecule has 24 heavy (non-hydrogen) atoms. The van der Waals surface area contributed by atoms with E-state index in [1.807, 2.05) is 19.9 Å². The standard InChI is InChI=1S/C18H14FN3O2/c1-10-7-11(2)21-17-14(10)15-16(24-17)18(23)22(9-20-15)8-12-3-5-13(19)6-4-12/h3-7,9H,8H2,1-2H3. The Hall–Kier alpha value is -3.02. The van der Waals surface area contributed by atoms with E-state index in [4.69, 9.17) is 4.42 Å². The van der Waals surface area contributed by atoms with E-state index in [1.54, 1.807) is 12.1 Å². The molecule has 0 spiro atoms. The second-order valence-electron chi connectivity index (χ2n) is 5.84. The van der Waals surface area contributed by atoms with Gasteiger partial charge in [-0.15, -0.1) is 0 Å². The highest BCUT2D eigenvalue weighted by molar-refractivity contribution is 6.02. The van der Waals surface area contributed by atoms with Crippen LogP contribution in [0.2, 0.25) is 0 Å². The van der Waals surface area contributed by atoms with Crippen LogP contribution in [0, 0.1) is 19.7 Å². The fraction of sp³-hybridized carbons (Fsp3) is 0.167. The molecule has 0 aliphatic heterocycles. The van der Waals surface area contributed by atoms with Crippen LogP contribution in [-0.2, 0) is 6.54 Å². The zero-order valence-electron chi connectivity index (χ0n) is 13.2. The molecule has 4 aromatic rings. The predicted octanol–water partition coefficient (Wildman–Crippen LogP) is 3.34. The molecule has 3 aromatic heterocycles. The molecule has 0 radical (unpaired) electrons. The summed E-state index contributed by atoms with van der Waals surface area (Å²) in [6.45, 7) is 4.11. The Morgan fingerprint density at radius 2 is 1.96 bits per heavy atom. The molecule has 0 N–H and O–H groups in total. The van der Waals surface area contributed by atoms with Crippen molar-refractivity contribution in [1.82, 2.24) is 14.5 Å². The molecule has 0 saturated carbocycles. The van der Waals surface area contributed by atoms with E-state index < -0.39 is 0 Å². The van der Waals surface area contributed by atoms with Gasteiger partial charge in [0.15, 0.2) is 0 Å². The summed E-state index contributed by atoms with van der Waals surface area (Å²) in [4.78, 5) is 21.4. The number of hydrogen-bond donors (Lipinski definition) is 0. The number of aromatic nitrogens is 3. The number of fused-ring (bicyclic) bond motifs is 3. The molecule has 0 unspecified atom stereocenters. The van der Waals surface area contributed by atoms with Gasteiger partial charge in [-0.25, -0.2) is 14.4 Å². The summed E-state index contributed by atoms with van der Waals surface area (Å²) in [5.41, 5.74) is 3.46. The summed E-state index contributed by atoms with van der Waals surface area (Å²) in [6, 6.07) is 7.94. The topological polar surface area (TPSA) is 60.9 Å². The zero-order chi connectivity index (χ0) is 16.8. The number of benzene rings is 1. The van der Waals surface area contributed by atoms with E-state index in [0.717, 1.165) is 22.2 Å². The normalized spacial score (nSPS) is 11.5. The molecule has 0 fully saturated rings. The lowest BCUT2D eigenvalue weighted by Crippen LogP contribution is -2.20. The first-order chi connectivity index (χ1) is 11.5. The third-order valence-electron chi connectivity index (χ3n) is 4.01. The highest BCUT2D eigenvalue weighted by Gasteiger charge is 2.16. The van der Waals surface area contributed by atoms with Crippen LogP contribution in [0.25, 0.3) is 22.2 Å². The summed E-state index contributed by atoms with van der Waals surface area (Å²) in [5.74, 6) is -0.311. The van der Waals surface area contributed by atoms with Crippen LogP contribution in [0.5, 0.6) is 0 Å². The first-order valence-electron chi connectivity index (χ1n) is 7.53. The van der Waals surface area contributed by atoms with Crippen molar-refractivity contribution >= 4 is 22.2 Å². The minimum absolute atomic E-state index is 0.191. The molecule has 0 atom stereocenters. The summed E-state index contributed by atoms with van der Waals surface area (Å²) < 4.78 is 20.1. The van der Waals surface area contributed by atoms with E-state index in [2.05, 4.69) is 9.97 Å². The fourth-order valence-corrected chi connectivity index (χ4v) is 2.90. The second kappa shape index (κ2) is 5.26. The SMILES string of the molecule is Cc1cc(C)c2c(n1)oc1c(=O)n(Cc3ccc(F)cc3)cnc12. The van der Waals surface area contributed by atoms with Crippen LogP contribution in [0.4, 0.5) is 4.39 Å². The van der Waals surface area contributed by atoms with E-state index in [9.17, 15) is 9.18 Å². The van der Waals surface area contributed by atoms with Gasteiger partial charge in [-0.2, -0.15) is 0 Å². The van der Waals surface area contributed by atoms with Crippen LogP contribution >= 0.6 is 0 Å². The Morgan fingerprint density at radius 1 is 1.21 bits per heavy atom. The smallest absolute Gasteiger partial charge is 0.297 e. The van der Waals surface area contributed by atoms with Gasteiger partial charge in [-0.05, 0) is 43.2 Å². The van der Waals surface area contributed by atoms with Crippen LogP contribution in [0.15, 0.2) is 45.9 Å². The highest BCUT2D eigenvalue weighted by atomic mass is 19.1. The zero-order valence-corrected chi connectivity index (χ0v) is 13.2. The van der Waals surface area contributed by atoms with Crippen molar-refractivity contribution < 1.29 is 8.81 Å². The number of rotatable bonds is 2. The summed E-state index contributed by atoms with van der Waals surface area (Å²) in [5, 5.41) is 0.765. The van der Waals surface area contributed by atoms with Gasteiger partial charge in [0.25, 0.3) is 5.56 Å². The Labute approximate surface area is 136 Å². The Kier molecular flexibility index (Phi) is 3.19. The van der Waals surface area contributed by atoms with E-state index in [-0.39, 0.29) is 17.0 Å². The van der Waals surface area contributed by atoms with Gasteiger partial charge in [0.2, 0.25) is 11.3 Å². The molecule has 0 aliphatic rings. The Balaban J connectivity index is 1.89. The molecule has 120 valence electrons. The molecule has 4 rings (SSSR count). The molecular formula is C18H14FN3O2. The minimum atomic E-state index is -0.311. The van der Waals surface area contributed by atoms with Crippen molar-refractivity contribution in [3.8, 4) is 0 Å². The molecule has 3 heterocycles. The average Bonchev–Trinajstić information content (AvgIpc) is 2.91. The minimum Gasteiger partial charge on any atom is -0.430 e. The molecule has 5 nitrogen and oxygen atoms in total. The van der Waals surface area contributed by atoms with Gasteiger partial charge in [-0.1, -0.05) is 12.1 Å². The quantitative estimate of drug-likeness (QED) is 0.567.